The molecule has 1 N–H and O–H groups in total. The second-order valence-electron chi connectivity index (χ2n) is 5.20. The zero-order valence-electron chi connectivity index (χ0n) is 13.3. The Morgan fingerprint density at radius 1 is 1.12 bits per heavy atom. The highest BCUT2D eigenvalue weighted by molar-refractivity contribution is 9.10. The summed E-state index contributed by atoms with van der Waals surface area (Å²) in [6.07, 6.45) is 2.94. The Morgan fingerprint density at radius 3 is 2.54 bits per heavy atom. The Bertz CT molecular complexity index is 739. The van der Waals surface area contributed by atoms with Gasteiger partial charge in [0.15, 0.2) is 6.61 Å². The van der Waals surface area contributed by atoms with Gasteiger partial charge in [-0.15, -0.1) is 0 Å². The number of carbonyl (C=O) groups excluding carboxylic acids is 2. The number of benzene rings is 2. The van der Waals surface area contributed by atoms with E-state index in [1.165, 1.54) is 6.08 Å². The number of esters is 1. The summed E-state index contributed by atoms with van der Waals surface area (Å²) in [5.41, 5.74) is 3.01. The molecule has 0 aliphatic rings. The largest absolute Gasteiger partial charge is 0.452 e. The van der Waals surface area contributed by atoms with Crippen molar-refractivity contribution in [1.29, 1.82) is 0 Å². The minimum atomic E-state index is -0.552. The molecule has 0 saturated heterocycles. The van der Waals surface area contributed by atoms with Crippen LogP contribution in [0.2, 0.25) is 0 Å². The first-order chi connectivity index (χ1) is 11.5. The van der Waals surface area contributed by atoms with Crippen molar-refractivity contribution in [2.45, 2.75) is 13.5 Å². The maximum Gasteiger partial charge on any atom is 0.331 e. The predicted molar refractivity (Wildman–Crippen MR) is 97.2 cm³/mol. The molecule has 0 saturated carbocycles. The molecule has 2 aromatic rings. The van der Waals surface area contributed by atoms with Crippen LogP contribution in [0.4, 0.5) is 0 Å². The molecule has 0 heterocycles. The van der Waals surface area contributed by atoms with E-state index >= 15 is 0 Å². The van der Waals surface area contributed by atoms with Crippen LogP contribution in [0.1, 0.15) is 16.7 Å². The topological polar surface area (TPSA) is 55.4 Å². The molecule has 2 aromatic carbocycles. The number of nitrogens with one attached hydrogen (secondary N) is 1. The number of hydrogen-bond donors (Lipinski definition) is 1. The maximum atomic E-state index is 11.7. The molecule has 0 aliphatic heterocycles. The van der Waals surface area contributed by atoms with Gasteiger partial charge in [-0.05, 0) is 41.8 Å². The zero-order valence-corrected chi connectivity index (χ0v) is 14.9. The second kappa shape index (κ2) is 9.03. The summed E-state index contributed by atoms with van der Waals surface area (Å²) >= 11 is 3.34. The van der Waals surface area contributed by atoms with Crippen molar-refractivity contribution in [1.82, 2.24) is 5.32 Å². The van der Waals surface area contributed by atoms with Crippen molar-refractivity contribution in [2.24, 2.45) is 0 Å². The fourth-order valence-corrected chi connectivity index (χ4v) is 2.24. The van der Waals surface area contributed by atoms with Gasteiger partial charge < -0.3 is 10.1 Å². The molecule has 0 spiro atoms. The average Bonchev–Trinajstić information content (AvgIpc) is 2.58. The lowest BCUT2D eigenvalue weighted by atomic mass is 10.1. The number of rotatable bonds is 6. The van der Waals surface area contributed by atoms with Crippen LogP contribution in [0, 0.1) is 6.92 Å². The van der Waals surface area contributed by atoms with Crippen molar-refractivity contribution < 1.29 is 14.3 Å². The van der Waals surface area contributed by atoms with E-state index in [1.807, 2.05) is 55.5 Å². The van der Waals surface area contributed by atoms with E-state index in [4.69, 9.17) is 4.74 Å². The molecule has 24 heavy (non-hydrogen) atoms. The summed E-state index contributed by atoms with van der Waals surface area (Å²) < 4.78 is 5.89. The van der Waals surface area contributed by atoms with E-state index in [-0.39, 0.29) is 12.5 Å². The molecule has 1 amide bonds. The molecule has 0 aliphatic carbocycles. The molecule has 124 valence electrons. The maximum absolute atomic E-state index is 11.7. The van der Waals surface area contributed by atoms with Gasteiger partial charge in [0.1, 0.15) is 0 Å². The summed E-state index contributed by atoms with van der Waals surface area (Å²) in [5, 5.41) is 2.73. The van der Waals surface area contributed by atoms with Crippen LogP contribution in [0.5, 0.6) is 0 Å². The Hall–Kier alpha value is -2.40. The van der Waals surface area contributed by atoms with Gasteiger partial charge in [-0.1, -0.05) is 52.3 Å². The molecular weight excluding hydrogens is 370 g/mol. The number of halogens is 1. The van der Waals surface area contributed by atoms with Crippen molar-refractivity contribution in [3.8, 4) is 0 Å². The van der Waals surface area contributed by atoms with Crippen LogP contribution >= 0.6 is 15.9 Å². The quantitative estimate of drug-likeness (QED) is 0.608. The van der Waals surface area contributed by atoms with E-state index in [9.17, 15) is 9.59 Å². The van der Waals surface area contributed by atoms with Gasteiger partial charge in [0.05, 0.1) is 0 Å². The van der Waals surface area contributed by atoms with Gasteiger partial charge in [-0.25, -0.2) is 4.79 Å². The average molecular weight is 388 g/mol. The Balaban J connectivity index is 1.74. The first kappa shape index (κ1) is 17.9. The predicted octanol–water partition coefficient (Wildman–Crippen LogP) is 3.63. The van der Waals surface area contributed by atoms with Crippen LogP contribution in [-0.2, 0) is 20.9 Å². The fraction of sp³-hybridized carbons (Fsp3) is 0.158. The number of carbonyl (C=O) groups is 2. The van der Waals surface area contributed by atoms with Crippen molar-refractivity contribution >= 4 is 33.9 Å². The summed E-state index contributed by atoms with van der Waals surface area (Å²) in [6.45, 7) is 2.10. The van der Waals surface area contributed by atoms with E-state index in [0.717, 1.165) is 21.2 Å². The molecule has 0 aromatic heterocycles. The third-order valence-electron chi connectivity index (χ3n) is 3.36. The minimum absolute atomic E-state index is 0.296. The van der Waals surface area contributed by atoms with Crippen LogP contribution in [0.3, 0.4) is 0 Å². The van der Waals surface area contributed by atoms with Gasteiger partial charge in [0.2, 0.25) is 0 Å². The molecule has 2 rings (SSSR count). The zero-order chi connectivity index (χ0) is 17.4. The highest BCUT2D eigenvalue weighted by atomic mass is 79.9. The van der Waals surface area contributed by atoms with Gasteiger partial charge in [0, 0.05) is 17.1 Å². The van der Waals surface area contributed by atoms with Crippen molar-refractivity contribution in [2.75, 3.05) is 6.61 Å². The number of ether oxygens (including phenoxy) is 1. The smallest absolute Gasteiger partial charge is 0.331 e. The fourth-order valence-electron chi connectivity index (χ4n) is 1.98. The van der Waals surface area contributed by atoms with Crippen LogP contribution in [-0.4, -0.2) is 18.5 Å². The van der Waals surface area contributed by atoms with Crippen LogP contribution < -0.4 is 5.32 Å². The van der Waals surface area contributed by atoms with E-state index in [2.05, 4.69) is 21.2 Å². The minimum Gasteiger partial charge on any atom is -0.452 e. The lowest BCUT2D eigenvalue weighted by Gasteiger charge is -2.07. The van der Waals surface area contributed by atoms with E-state index in [1.54, 1.807) is 6.08 Å². The van der Waals surface area contributed by atoms with Crippen LogP contribution in [0.15, 0.2) is 59.1 Å². The van der Waals surface area contributed by atoms with E-state index < -0.39 is 5.97 Å². The highest BCUT2D eigenvalue weighted by Gasteiger charge is 2.05. The van der Waals surface area contributed by atoms with Crippen molar-refractivity contribution in [3.63, 3.8) is 0 Å². The Morgan fingerprint density at radius 2 is 1.83 bits per heavy atom. The van der Waals surface area contributed by atoms with Gasteiger partial charge in [-0.2, -0.15) is 0 Å². The lowest BCUT2D eigenvalue weighted by molar-refractivity contribution is -0.143. The first-order valence-electron chi connectivity index (χ1n) is 7.46. The molecule has 0 unspecified atom stereocenters. The normalized spacial score (nSPS) is 10.6. The third kappa shape index (κ3) is 6.01. The molecule has 4 nitrogen and oxygen atoms in total. The third-order valence-corrected chi connectivity index (χ3v) is 3.89. The summed E-state index contributed by atoms with van der Waals surface area (Å²) in [4.78, 5) is 23.3. The molecule has 0 fully saturated rings. The second-order valence-corrected chi connectivity index (χ2v) is 6.11. The summed E-state index contributed by atoms with van der Waals surface area (Å²) in [7, 11) is 0. The van der Waals surface area contributed by atoms with Gasteiger partial charge >= 0.3 is 5.97 Å². The molecular formula is C19H18BrNO3. The molecule has 0 radical (unpaired) electrons. The molecule has 0 atom stereocenters. The number of aryl methyl sites for hydroxylation is 1. The SMILES string of the molecule is Cc1ccccc1CNC(=O)COC(=O)/C=C/c1ccc(Br)cc1. The summed E-state index contributed by atoms with van der Waals surface area (Å²) in [5.74, 6) is -0.882. The number of hydrogen-bond acceptors (Lipinski definition) is 3. The lowest BCUT2D eigenvalue weighted by Crippen LogP contribution is -2.28. The van der Waals surface area contributed by atoms with Crippen molar-refractivity contribution in [3.05, 3.63) is 75.8 Å². The Kier molecular flexibility index (Phi) is 6.75. The highest BCUT2D eigenvalue weighted by Crippen LogP contribution is 2.11. The van der Waals surface area contributed by atoms with Gasteiger partial charge in [0.25, 0.3) is 5.91 Å². The van der Waals surface area contributed by atoms with E-state index in [0.29, 0.717) is 6.54 Å². The van der Waals surface area contributed by atoms with Crippen LogP contribution in [0.25, 0.3) is 6.08 Å². The first-order valence-corrected chi connectivity index (χ1v) is 8.25. The summed E-state index contributed by atoms with van der Waals surface area (Å²) in [6, 6.07) is 15.3. The number of amides is 1. The monoisotopic (exact) mass is 387 g/mol. The standard InChI is InChI=1S/C19H18BrNO3/c1-14-4-2-3-5-16(14)12-21-18(22)13-24-19(23)11-8-15-6-9-17(20)10-7-15/h2-11H,12-13H2,1H3,(H,21,22)/b11-8+. The molecule has 5 heteroatoms. The Labute approximate surface area is 149 Å². The van der Waals surface area contributed by atoms with Gasteiger partial charge in [-0.3, -0.25) is 4.79 Å². The molecule has 0 bridgehead atoms.